The minimum Gasteiger partial charge on any atom is -0.368 e. The summed E-state index contributed by atoms with van der Waals surface area (Å²) in [5.41, 5.74) is -0.856. The maximum Gasteiger partial charge on any atom is 0.417 e. The monoisotopic (exact) mass is 359 g/mol. The number of alkyl halides is 3. The fourth-order valence-electron chi connectivity index (χ4n) is 2.76. The third-order valence-electron chi connectivity index (χ3n) is 3.93. The number of halogens is 4. The maximum absolute atomic E-state index is 12.6. The molecule has 0 aliphatic carbocycles. The molecule has 3 rings (SSSR count). The van der Waals surface area contributed by atoms with Gasteiger partial charge >= 0.3 is 6.18 Å². The first-order valence-corrected chi connectivity index (χ1v) is 8.04. The molecule has 1 aliphatic heterocycles. The average molecular weight is 360 g/mol. The molecule has 0 bridgehead atoms. The lowest BCUT2D eigenvalue weighted by molar-refractivity contribution is -0.137. The number of nitrogens with one attached hydrogen (secondary N) is 2. The zero-order valence-corrected chi connectivity index (χ0v) is 13.5. The predicted molar refractivity (Wildman–Crippen MR) is 84.9 cm³/mol. The van der Waals surface area contributed by atoms with E-state index in [9.17, 15) is 13.2 Å². The SMILES string of the molecule is FC(F)(F)c1cnc(NCCNC2CCCn3ccnc32)c(Cl)c1. The molecular weight excluding hydrogens is 343 g/mol. The van der Waals surface area contributed by atoms with Crippen LogP contribution < -0.4 is 10.6 Å². The van der Waals surface area contributed by atoms with Crippen LogP contribution in [0.5, 0.6) is 0 Å². The van der Waals surface area contributed by atoms with E-state index >= 15 is 0 Å². The summed E-state index contributed by atoms with van der Waals surface area (Å²) >= 11 is 5.86. The van der Waals surface area contributed by atoms with Gasteiger partial charge in [0.25, 0.3) is 0 Å². The van der Waals surface area contributed by atoms with E-state index < -0.39 is 11.7 Å². The number of pyridine rings is 1. The van der Waals surface area contributed by atoms with Gasteiger partial charge < -0.3 is 15.2 Å². The van der Waals surface area contributed by atoms with Crippen molar-refractivity contribution in [1.29, 1.82) is 0 Å². The summed E-state index contributed by atoms with van der Waals surface area (Å²) in [6.07, 6.45) is 2.18. The van der Waals surface area contributed by atoms with Crippen LogP contribution in [-0.2, 0) is 12.7 Å². The molecule has 1 unspecified atom stereocenters. The Morgan fingerprint density at radius 3 is 2.88 bits per heavy atom. The Balaban J connectivity index is 1.51. The largest absolute Gasteiger partial charge is 0.417 e. The molecule has 0 aromatic carbocycles. The van der Waals surface area contributed by atoms with Gasteiger partial charge in [0.15, 0.2) is 0 Å². The van der Waals surface area contributed by atoms with Crippen LogP contribution in [0.25, 0.3) is 0 Å². The highest BCUT2D eigenvalue weighted by Crippen LogP contribution is 2.32. The number of imidazole rings is 1. The lowest BCUT2D eigenvalue weighted by Gasteiger charge is -2.24. The summed E-state index contributed by atoms with van der Waals surface area (Å²) in [7, 11) is 0. The second kappa shape index (κ2) is 6.98. The number of nitrogens with zero attached hydrogens (tertiary/aromatic N) is 3. The highest BCUT2D eigenvalue weighted by atomic mass is 35.5. The number of fused-ring (bicyclic) bond motifs is 1. The number of rotatable bonds is 5. The van der Waals surface area contributed by atoms with E-state index in [0.717, 1.165) is 37.5 Å². The molecule has 3 heterocycles. The minimum absolute atomic E-state index is 0.0435. The van der Waals surface area contributed by atoms with Gasteiger partial charge in [-0.25, -0.2) is 9.97 Å². The van der Waals surface area contributed by atoms with Crippen molar-refractivity contribution in [3.8, 4) is 0 Å². The van der Waals surface area contributed by atoms with Gasteiger partial charge in [-0.2, -0.15) is 13.2 Å². The number of anilines is 1. The molecule has 0 spiro atoms. The van der Waals surface area contributed by atoms with Crippen molar-refractivity contribution in [1.82, 2.24) is 19.9 Å². The van der Waals surface area contributed by atoms with Crippen LogP contribution in [0, 0.1) is 0 Å². The second-order valence-electron chi connectivity index (χ2n) is 5.61. The molecule has 5 nitrogen and oxygen atoms in total. The second-order valence-corrected chi connectivity index (χ2v) is 6.01. The molecule has 2 N–H and O–H groups in total. The molecule has 130 valence electrons. The summed E-state index contributed by atoms with van der Waals surface area (Å²) in [6.45, 7) is 2.10. The molecule has 2 aromatic rings. The summed E-state index contributed by atoms with van der Waals surface area (Å²) < 4.78 is 39.8. The van der Waals surface area contributed by atoms with E-state index in [0.29, 0.717) is 13.1 Å². The number of aromatic nitrogens is 3. The predicted octanol–water partition coefficient (Wildman–Crippen LogP) is 3.49. The highest BCUT2D eigenvalue weighted by Gasteiger charge is 2.31. The lowest BCUT2D eigenvalue weighted by atomic mass is 10.1. The van der Waals surface area contributed by atoms with Crippen molar-refractivity contribution >= 4 is 17.4 Å². The van der Waals surface area contributed by atoms with Gasteiger partial charge in [0.1, 0.15) is 11.6 Å². The molecule has 2 aromatic heterocycles. The lowest BCUT2D eigenvalue weighted by Crippen LogP contribution is -2.31. The van der Waals surface area contributed by atoms with Crippen molar-refractivity contribution in [3.05, 3.63) is 41.1 Å². The van der Waals surface area contributed by atoms with Crippen LogP contribution in [0.4, 0.5) is 19.0 Å². The van der Waals surface area contributed by atoms with Gasteiger partial charge in [-0.05, 0) is 18.9 Å². The van der Waals surface area contributed by atoms with E-state index in [1.165, 1.54) is 0 Å². The Bertz CT molecular complexity index is 701. The summed E-state index contributed by atoms with van der Waals surface area (Å²) in [5, 5.41) is 6.30. The first-order valence-electron chi connectivity index (χ1n) is 7.66. The molecule has 0 fully saturated rings. The normalized spacial score (nSPS) is 17.6. The Morgan fingerprint density at radius 1 is 1.29 bits per heavy atom. The van der Waals surface area contributed by atoms with Crippen molar-refractivity contribution in [2.45, 2.75) is 31.6 Å². The van der Waals surface area contributed by atoms with Crippen molar-refractivity contribution in [2.24, 2.45) is 0 Å². The summed E-state index contributed by atoms with van der Waals surface area (Å²) in [6, 6.07) is 1.06. The van der Waals surface area contributed by atoms with Gasteiger partial charge in [0.2, 0.25) is 0 Å². The summed E-state index contributed by atoms with van der Waals surface area (Å²) in [4.78, 5) is 8.11. The van der Waals surface area contributed by atoms with Gasteiger partial charge in [0, 0.05) is 38.2 Å². The Labute approximate surface area is 142 Å². The van der Waals surface area contributed by atoms with Gasteiger partial charge in [-0.15, -0.1) is 0 Å². The Morgan fingerprint density at radius 2 is 2.12 bits per heavy atom. The van der Waals surface area contributed by atoms with Gasteiger partial charge in [-0.1, -0.05) is 11.6 Å². The highest BCUT2D eigenvalue weighted by molar-refractivity contribution is 6.32. The molecule has 0 saturated heterocycles. The van der Waals surface area contributed by atoms with Crippen molar-refractivity contribution < 1.29 is 13.2 Å². The zero-order valence-electron chi connectivity index (χ0n) is 12.8. The first kappa shape index (κ1) is 17.0. The van der Waals surface area contributed by atoms with Crippen molar-refractivity contribution in [2.75, 3.05) is 18.4 Å². The first-order chi connectivity index (χ1) is 11.4. The van der Waals surface area contributed by atoms with Crippen LogP contribution >= 0.6 is 11.6 Å². The quantitative estimate of drug-likeness (QED) is 0.802. The molecule has 0 radical (unpaired) electrons. The summed E-state index contributed by atoms with van der Waals surface area (Å²) in [5.74, 6) is 1.27. The number of aryl methyl sites for hydroxylation is 1. The van der Waals surface area contributed by atoms with E-state index in [1.807, 2.05) is 6.20 Å². The van der Waals surface area contributed by atoms with E-state index in [4.69, 9.17) is 11.6 Å². The van der Waals surface area contributed by atoms with Crippen LogP contribution in [0.15, 0.2) is 24.7 Å². The van der Waals surface area contributed by atoms with Gasteiger partial charge in [-0.3, -0.25) is 0 Å². The molecule has 1 aliphatic rings. The van der Waals surface area contributed by atoms with Crippen LogP contribution in [-0.4, -0.2) is 27.6 Å². The molecule has 1 atom stereocenters. The fraction of sp³-hybridized carbons (Fsp3) is 0.467. The molecule has 9 heteroatoms. The maximum atomic E-state index is 12.6. The average Bonchev–Trinajstić information content (AvgIpc) is 3.01. The van der Waals surface area contributed by atoms with Crippen LogP contribution in [0.2, 0.25) is 5.02 Å². The van der Waals surface area contributed by atoms with Crippen molar-refractivity contribution in [3.63, 3.8) is 0 Å². The zero-order chi connectivity index (χ0) is 17.2. The van der Waals surface area contributed by atoms with E-state index in [-0.39, 0.29) is 16.9 Å². The Kier molecular flexibility index (Phi) is 4.96. The molecule has 24 heavy (non-hydrogen) atoms. The molecular formula is C15H17ClF3N5. The molecule has 0 amide bonds. The third-order valence-corrected chi connectivity index (χ3v) is 4.22. The minimum atomic E-state index is -4.44. The van der Waals surface area contributed by atoms with Gasteiger partial charge in [0.05, 0.1) is 16.6 Å². The third kappa shape index (κ3) is 3.81. The fourth-order valence-corrected chi connectivity index (χ4v) is 2.99. The van der Waals surface area contributed by atoms with Crippen LogP contribution in [0.3, 0.4) is 0 Å². The van der Waals surface area contributed by atoms with E-state index in [1.54, 1.807) is 6.20 Å². The molecule has 0 saturated carbocycles. The van der Waals surface area contributed by atoms with E-state index in [2.05, 4.69) is 25.2 Å². The standard InChI is InChI=1S/C15H17ClF3N5/c16-11-8-10(15(17,18)19)9-23-13(11)21-4-3-20-12-2-1-6-24-7-5-22-14(12)24/h5,7-9,12,20H,1-4,6H2,(H,21,23). The Hall–Kier alpha value is -1.80. The number of hydrogen-bond donors (Lipinski definition) is 2. The topological polar surface area (TPSA) is 54.8 Å². The number of hydrogen-bond acceptors (Lipinski definition) is 4. The smallest absolute Gasteiger partial charge is 0.368 e. The van der Waals surface area contributed by atoms with Crippen LogP contribution in [0.1, 0.15) is 30.3 Å².